The van der Waals surface area contributed by atoms with Crippen LogP contribution in [0.1, 0.15) is 0 Å². The molecule has 3 atom stereocenters. The summed E-state index contributed by atoms with van der Waals surface area (Å²) in [5.74, 6) is -7.07. The van der Waals surface area contributed by atoms with Crippen LogP contribution in [0.2, 0.25) is 0 Å². The van der Waals surface area contributed by atoms with E-state index in [1.165, 1.54) is 0 Å². The molecule has 0 aromatic heterocycles. The summed E-state index contributed by atoms with van der Waals surface area (Å²) >= 11 is 11.3. The van der Waals surface area contributed by atoms with Gasteiger partial charge in [-0.2, -0.15) is 37.9 Å². The van der Waals surface area contributed by atoms with Crippen molar-refractivity contribution in [3.8, 4) is 0 Å². The van der Waals surface area contributed by atoms with Crippen LogP contribution in [0, 0.1) is 0 Å². The highest BCUT2D eigenvalue weighted by Gasteiger charge is 2.35. The second-order valence-corrected chi connectivity index (χ2v) is 5.30. The van der Waals surface area contributed by atoms with Gasteiger partial charge in [0.1, 0.15) is 0 Å². The number of rotatable bonds is 10. The molecule has 6 N–H and O–H groups in total. The lowest BCUT2D eigenvalue weighted by Crippen LogP contribution is -2.61. The molecule has 0 aliphatic carbocycles. The summed E-state index contributed by atoms with van der Waals surface area (Å²) in [7, 11) is 0. The number of hydrogen-bond acceptors (Lipinski definition) is 7. The molecule has 0 fully saturated rings. The summed E-state index contributed by atoms with van der Waals surface area (Å²) in [6, 6.07) is 0. The van der Waals surface area contributed by atoms with E-state index < -0.39 is 30.5 Å². The Bertz CT molecular complexity index is 269. The Morgan fingerprint density at radius 3 is 1.68 bits per heavy atom. The van der Waals surface area contributed by atoms with Crippen molar-refractivity contribution < 1.29 is 13.2 Å². The van der Waals surface area contributed by atoms with Crippen LogP contribution >= 0.6 is 37.9 Å². The fraction of sp³-hybridized carbons (Fsp3) is 1.00. The minimum Gasteiger partial charge on any atom is -0.326 e. The van der Waals surface area contributed by atoms with E-state index in [9.17, 15) is 13.2 Å². The maximum Gasteiger partial charge on any atom is 0.183 e. The van der Waals surface area contributed by atoms with Crippen LogP contribution in [-0.2, 0) is 0 Å². The minimum atomic E-state index is -2.16. The number of thiol groups is 3. The first-order chi connectivity index (χ1) is 8.66. The zero-order valence-electron chi connectivity index (χ0n) is 10.4. The van der Waals surface area contributed by atoms with E-state index >= 15 is 0 Å². The summed E-state index contributed by atoms with van der Waals surface area (Å²) in [5, 5.41) is 4.58. The predicted octanol–water partition coefficient (Wildman–Crippen LogP) is -0.130. The van der Waals surface area contributed by atoms with E-state index in [2.05, 4.69) is 48.5 Å². The van der Waals surface area contributed by atoms with Crippen molar-refractivity contribution in [1.29, 1.82) is 0 Å². The first-order valence-electron chi connectivity index (χ1n) is 5.54. The second kappa shape index (κ2) is 8.20. The van der Waals surface area contributed by atoms with E-state index in [1.54, 1.807) is 0 Å². The molecule has 0 aromatic carbocycles. The van der Waals surface area contributed by atoms with Crippen LogP contribution in [0.3, 0.4) is 0 Å². The Kier molecular flexibility index (Phi) is 8.50. The molecule has 10 heteroatoms. The van der Waals surface area contributed by atoms with Crippen LogP contribution in [-0.4, -0.2) is 54.3 Å². The standard InChI is InChI=1S/C9H21F3N4S3/c10-7(14,4-17)2-15-9(12,6-19)3-16-8(11,1-13)5-18/h15-19H,1-6,13-14H2/t7?,8-,9-/m1/s1. The summed E-state index contributed by atoms with van der Waals surface area (Å²) in [4.78, 5) is 0. The molecule has 0 saturated heterocycles. The Balaban J connectivity index is 4.45. The molecule has 0 aromatic rings. The molecular formula is C9H21F3N4S3. The smallest absolute Gasteiger partial charge is 0.183 e. The summed E-state index contributed by atoms with van der Waals surface area (Å²) in [5.41, 5.74) is 10.4. The van der Waals surface area contributed by atoms with Gasteiger partial charge >= 0.3 is 0 Å². The van der Waals surface area contributed by atoms with E-state index in [-0.39, 0.29) is 23.8 Å². The Morgan fingerprint density at radius 2 is 1.32 bits per heavy atom. The number of nitrogens with one attached hydrogen (secondary N) is 2. The van der Waals surface area contributed by atoms with Gasteiger partial charge in [-0.05, 0) is 0 Å². The third-order valence-corrected chi connectivity index (χ3v) is 4.00. The van der Waals surface area contributed by atoms with Gasteiger partial charge in [0, 0.05) is 36.9 Å². The van der Waals surface area contributed by atoms with Gasteiger partial charge in [-0.15, -0.1) is 0 Å². The molecule has 116 valence electrons. The molecule has 0 aliphatic rings. The van der Waals surface area contributed by atoms with Crippen molar-refractivity contribution in [2.75, 3.05) is 36.9 Å². The van der Waals surface area contributed by atoms with Crippen molar-refractivity contribution >= 4 is 37.9 Å². The van der Waals surface area contributed by atoms with Gasteiger partial charge in [0.2, 0.25) is 0 Å². The normalized spacial score (nSPS) is 21.5. The van der Waals surface area contributed by atoms with Gasteiger partial charge in [-0.1, -0.05) is 0 Å². The summed E-state index contributed by atoms with van der Waals surface area (Å²) in [6.45, 7) is -1.29. The molecule has 0 radical (unpaired) electrons. The maximum absolute atomic E-state index is 14.3. The molecule has 4 nitrogen and oxygen atoms in total. The average Bonchev–Trinajstić information content (AvgIpc) is 2.42. The fourth-order valence-electron chi connectivity index (χ4n) is 1.03. The molecule has 0 heterocycles. The highest BCUT2D eigenvalue weighted by Crippen LogP contribution is 2.14. The van der Waals surface area contributed by atoms with Gasteiger partial charge < -0.3 is 5.73 Å². The molecule has 0 rings (SSSR count). The van der Waals surface area contributed by atoms with E-state index in [0.717, 1.165) is 0 Å². The van der Waals surface area contributed by atoms with Gasteiger partial charge in [0.25, 0.3) is 0 Å². The second-order valence-electron chi connectivity index (χ2n) is 4.35. The van der Waals surface area contributed by atoms with E-state index in [4.69, 9.17) is 11.5 Å². The first-order valence-corrected chi connectivity index (χ1v) is 7.44. The lowest BCUT2D eigenvalue weighted by molar-refractivity contribution is 0.0694. The lowest BCUT2D eigenvalue weighted by Gasteiger charge is -2.32. The van der Waals surface area contributed by atoms with E-state index in [1.807, 2.05) is 0 Å². The predicted molar refractivity (Wildman–Crippen MR) is 82.3 cm³/mol. The average molecular weight is 338 g/mol. The third-order valence-electron chi connectivity index (χ3n) is 2.47. The molecular weight excluding hydrogens is 317 g/mol. The number of hydrogen-bond donors (Lipinski definition) is 7. The van der Waals surface area contributed by atoms with Crippen LogP contribution in [0.15, 0.2) is 0 Å². The Hall–Kier alpha value is 0.680. The molecule has 0 amide bonds. The zero-order valence-corrected chi connectivity index (χ0v) is 13.1. The largest absolute Gasteiger partial charge is 0.326 e. The monoisotopic (exact) mass is 338 g/mol. The molecule has 1 unspecified atom stereocenters. The fourth-order valence-corrected chi connectivity index (χ4v) is 1.60. The van der Waals surface area contributed by atoms with Gasteiger partial charge in [0.15, 0.2) is 17.4 Å². The van der Waals surface area contributed by atoms with E-state index in [0.29, 0.717) is 0 Å². The molecule has 0 saturated carbocycles. The Morgan fingerprint density at radius 1 is 0.842 bits per heavy atom. The first kappa shape index (κ1) is 19.7. The quantitative estimate of drug-likeness (QED) is 0.224. The molecule has 0 bridgehead atoms. The summed E-state index contributed by atoms with van der Waals surface area (Å²) in [6.07, 6.45) is 0. The topological polar surface area (TPSA) is 76.1 Å². The molecule has 0 spiro atoms. The SMILES string of the molecule is NC[C@](F)(CS)NC[C@](F)(CS)NCC(N)(F)CS. The van der Waals surface area contributed by atoms with Crippen molar-refractivity contribution in [2.45, 2.75) is 17.4 Å². The maximum atomic E-state index is 14.3. The van der Waals surface area contributed by atoms with Crippen LogP contribution in [0.25, 0.3) is 0 Å². The van der Waals surface area contributed by atoms with Crippen LogP contribution in [0.4, 0.5) is 13.2 Å². The molecule has 0 aliphatic heterocycles. The van der Waals surface area contributed by atoms with Crippen molar-refractivity contribution in [3.05, 3.63) is 0 Å². The van der Waals surface area contributed by atoms with Gasteiger partial charge in [-0.25, -0.2) is 13.2 Å². The van der Waals surface area contributed by atoms with Crippen LogP contribution in [0.5, 0.6) is 0 Å². The third kappa shape index (κ3) is 7.30. The molecule has 19 heavy (non-hydrogen) atoms. The highest BCUT2D eigenvalue weighted by molar-refractivity contribution is 7.80. The number of nitrogens with two attached hydrogens (primary N) is 2. The summed E-state index contributed by atoms with van der Waals surface area (Å²) < 4.78 is 41.5. The lowest BCUT2D eigenvalue weighted by atomic mass is 10.2. The highest BCUT2D eigenvalue weighted by atomic mass is 32.1. The number of alkyl halides is 3. The Labute approximate surface area is 127 Å². The van der Waals surface area contributed by atoms with Gasteiger partial charge in [-0.3, -0.25) is 16.4 Å². The van der Waals surface area contributed by atoms with Crippen molar-refractivity contribution in [2.24, 2.45) is 11.5 Å². The minimum absolute atomic E-state index is 0.216. The zero-order chi connectivity index (χ0) is 15.2. The van der Waals surface area contributed by atoms with Crippen molar-refractivity contribution in [1.82, 2.24) is 10.6 Å². The van der Waals surface area contributed by atoms with Gasteiger partial charge in [0.05, 0.1) is 0 Å². The number of halogens is 3. The van der Waals surface area contributed by atoms with Crippen molar-refractivity contribution in [3.63, 3.8) is 0 Å². The van der Waals surface area contributed by atoms with Crippen LogP contribution < -0.4 is 22.1 Å².